The molecule has 6 heteroatoms. The third-order valence-corrected chi connectivity index (χ3v) is 4.81. The SMILES string of the molecule is CCN1C(=O)C(=C2C=C(C)N(CCO)C(C)=C2)SC1=S. The molecule has 1 fully saturated rings. The number of nitrogens with zero attached hydrogens (tertiary/aromatic N) is 2. The lowest BCUT2D eigenvalue weighted by Crippen LogP contribution is -2.28. The van der Waals surface area contributed by atoms with Crippen LogP contribution in [0.4, 0.5) is 0 Å². The summed E-state index contributed by atoms with van der Waals surface area (Å²) in [6.45, 7) is 7.14. The van der Waals surface area contributed by atoms with E-state index in [4.69, 9.17) is 17.3 Å². The van der Waals surface area contributed by atoms with Crippen LogP contribution in [-0.2, 0) is 4.79 Å². The van der Waals surface area contributed by atoms with Crippen LogP contribution >= 0.6 is 24.0 Å². The second kappa shape index (κ2) is 6.11. The molecule has 108 valence electrons. The van der Waals surface area contributed by atoms with Gasteiger partial charge in [0.15, 0.2) is 0 Å². The predicted octanol–water partition coefficient (Wildman–Crippen LogP) is 2.24. The zero-order valence-electron chi connectivity index (χ0n) is 11.8. The zero-order valence-corrected chi connectivity index (χ0v) is 13.5. The molecule has 0 aromatic rings. The molecule has 2 aliphatic rings. The van der Waals surface area contributed by atoms with E-state index in [1.54, 1.807) is 4.90 Å². The van der Waals surface area contributed by atoms with Crippen molar-refractivity contribution in [2.45, 2.75) is 20.8 Å². The molecule has 1 amide bonds. The number of allylic oxidation sites excluding steroid dienone is 5. The van der Waals surface area contributed by atoms with E-state index in [2.05, 4.69) is 0 Å². The van der Waals surface area contributed by atoms with Crippen molar-refractivity contribution in [3.05, 3.63) is 34.0 Å². The molecule has 0 atom stereocenters. The highest BCUT2D eigenvalue weighted by Gasteiger charge is 2.33. The van der Waals surface area contributed by atoms with Crippen molar-refractivity contribution >= 4 is 34.2 Å². The first-order chi connectivity index (χ1) is 9.49. The highest BCUT2D eigenvalue weighted by molar-refractivity contribution is 8.26. The standard InChI is InChI=1S/C14H18N2O2S2/c1-4-15-13(18)12(20-14(15)19)11-7-9(2)16(5-6-17)10(3)8-11/h7-8,17H,4-6H2,1-3H3. The van der Waals surface area contributed by atoms with Crippen molar-refractivity contribution < 1.29 is 9.90 Å². The maximum absolute atomic E-state index is 12.3. The van der Waals surface area contributed by atoms with E-state index in [-0.39, 0.29) is 12.5 Å². The number of hydrogen-bond donors (Lipinski definition) is 1. The Kier molecular flexibility index (Phi) is 4.67. The highest BCUT2D eigenvalue weighted by Crippen LogP contribution is 2.36. The summed E-state index contributed by atoms with van der Waals surface area (Å²) < 4.78 is 0.620. The van der Waals surface area contributed by atoms with Gasteiger partial charge in [0.2, 0.25) is 0 Å². The van der Waals surface area contributed by atoms with Crippen molar-refractivity contribution in [1.82, 2.24) is 9.80 Å². The topological polar surface area (TPSA) is 43.8 Å². The summed E-state index contributed by atoms with van der Waals surface area (Å²) in [5, 5.41) is 9.08. The molecule has 2 rings (SSSR count). The number of likely N-dealkylation sites (N-methyl/N-ethyl adjacent to an activating group) is 1. The van der Waals surface area contributed by atoms with Gasteiger partial charge < -0.3 is 10.0 Å². The first-order valence-electron chi connectivity index (χ1n) is 6.52. The van der Waals surface area contributed by atoms with Crippen LogP contribution in [0.5, 0.6) is 0 Å². The zero-order chi connectivity index (χ0) is 14.9. The fraction of sp³-hybridized carbons (Fsp3) is 0.429. The monoisotopic (exact) mass is 310 g/mol. The Hall–Kier alpha value is -1.11. The van der Waals surface area contributed by atoms with Crippen LogP contribution in [0.1, 0.15) is 20.8 Å². The lowest BCUT2D eigenvalue weighted by molar-refractivity contribution is -0.122. The number of rotatable bonds is 3. The third kappa shape index (κ3) is 2.68. The molecule has 4 nitrogen and oxygen atoms in total. The van der Waals surface area contributed by atoms with Gasteiger partial charge in [-0.2, -0.15) is 0 Å². The van der Waals surface area contributed by atoms with Gasteiger partial charge in [-0.05, 0) is 38.5 Å². The van der Waals surface area contributed by atoms with Crippen molar-refractivity contribution in [2.75, 3.05) is 19.7 Å². The number of aliphatic hydroxyl groups is 1. The van der Waals surface area contributed by atoms with Crippen molar-refractivity contribution in [3.8, 4) is 0 Å². The summed E-state index contributed by atoms with van der Waals surface area (Å²) in [4.78, 5) is 16.7. The lowest BCUT2D eigenvalue weighted by atomic mass is 10.1. The Bertz CT molecular complexity index is 527. The van der Waals surface area contributed by atoms with Gasteiger partial charge in [-0.1, -0.05) is 24.0 Å². The van der Waals surface area contributed by atoms with Gasteiger partial charge in [-0.3, -0.25) is 9.69 Å². The van der Waals surface area contributed by atoms with E-state index in [0.29, 0.717) is 22.3 Å². The maximum atomic E-state index is 12.3. The van der Waals surface area contributed by atoms with Gasteiger partial charge >= 0.3 is 0 Å². The minimum Gasteiger partial charge on any atom is -0.395 e. The number of amides is 1. The summed E-state index contributed by atoms with van der Waals surface area (Å²) in [6, 6.07) is 0. The summed E-state index contributed by atoms with van der Waals surface area (Å²) in [5.41, 5.74) is 2.95. The minimum atomic E-state index is -0.0128. The van der Waals surface area contributed by atoms with Gasteiger partial charge in [0.05, 0.1) is 11.5 Å². The predicted molar refractivity (Wildman–Crippen MR) is 85.9 cm³/mol. The molecule has 0 aromatic carbocycles. The number of thiocarbonyl (C=S) groups is 1. The van der Waals surface area contributed by atoms with Gasteiger partial charge in [-0.25, -0.2) is 0 Å². The van der Waals surface area contributed by atoms with Gasteiger partial charge in [0.1, 0.15) is 4.32 Å². The molecule has 0 radical (unpaired) electrons. The number of carbonyl (C=O) groups is 1. The highest BCUT2D eigenvalue weighted by atomic mass is 32.2. The molecular weight excluding hydrogens is 292 g/mol. The van der Waals surface area contributed by atoms with Crippen LogP contribution in [0.3, 0.4) is 0 Å². The molecule has 0 unspecified atom stereocenters. The molecule has 2 aliphatic heterocycles. The lowest BCUT2D eigenvalue weighted by Gasteiger charge is -2.29. The first-order valence-corrected chi connectivity index (χ1v) is 7.75. The molecule has 1 saturated heterocycles. The van der Waals surface area contributed by atoms with E-state index in [9.17, 15) is 4.79 Å². The van der Waals surface area contributed by atoms with Gasteiger partial charge in [0, 0.05) is 24.5 Å². The Balaban J connectivity index is 2.38. The summed E-state index contributed by atoms with van der Waals surface area (Å²) in [7, 11) is 0. The minimum absolute atomic E-state index is 0.0128. The van der Waals surface area contributed by atoms with Crippen LogP contribution < -0.4 is 0 Å². The van der Waals surface area contributed by atoms with Gasteiger partial charge in [-0.15, -0.1) is 0 Å². The van der Waals surface area contributed by atoms with E-state index in [0.717, 1.165) is 17.0 Å². The normalized spacial score (nSPS) is 19.8. The number of hydrogen-bond acceptors (Lipinski definition) is 5. The van der Waals surface area contributed by atoms with Gasteiger partial charge in [0.25, 0.3) is 5.91 Å². The fourth-order valence-electron chi connectivity index (χ4n) is 2.36. The summed E-state index contributed by atoms with van der Waals surface area (Å²) in [6.07, 6.45) is 3.95. The van der Waals surface area contributed by atoms with E-state index < -0.39 is 0 Å². The second-order valence-corrected chi connectivity index (χ2v) is 6.29. The quantitative estimate of drug-likeness (QED) is 0.640. The molecule has 1 N–H and O–H groups in total. The first kappa shape index (κ1) is 15.3. The van der Waals surface area contributed by atoms with E-state index in [1.165, 1.54) is 11.8 Å². The Morgan fingerprint density at radius 2 is 1.85 bits per heavy atom. The number of β-amino-alcohol motifs (C(OH)–C–C–N with tert-alkyl or cyclic N) is 1. The average Bonchev–Trinajstić information content (AvgIpc) is 2.68. The molecule has 20 heavy (non-hydrogen) atoms. The second-order valence-electron chi connectivity index (χ2n) is 4.65. The molecule has 0 bridgehead atoms. The number of thioether (sulfide) groups is 1. The van der Waals surface area contributed by atoms with Crippen LogP contribution in [0.15, 0.2) is 34.0 Å². The molecular formula is C14H18N2O2S2. The number of aliphatic hydroxyl groups excluding tert-OH is 1. The summed E-state index contributed by atoms with van der Waals surface area (Å²) in [5.74, 6) is -0.0128. The smallest absolute Gasteiger partial charge is 0.266 e. The molecule has 0 saturated carbocycles. The molecule has 0 aromatic heterocycles. The van der Waals surface area contributed by atoms with E-state index in [1.807, 2.05) is 37.8 Å². The maximum Gasteiger partial charge on any atom is 0.266 e. The largest absolute Gasteiger partial charge is 0.395 e. The van der Waals surface area contributed by atoms with Crippen LogP contribution in [0, 0.1) is 0 Å². The van der Waals surface area contributed by atoms with Crippen LogP contribution in [-0.4, -0.2) is 44.8 Å². The van der Waals surface area contributed by atoms with E-state index >= 15 is 0 Å². The van der Waals surface area contributed by atoms with Crippen LogP contribution in [0.25, 0.3) is 0 Å². The summed E-state index contributed by atoms with van der Waals surface area (Å²) >= 11 is 6.60. The van der Waals surface area contributed by atoms with Crippen molar-refractivity contribution in [1.29, 1.82) is 0 Å². The van der Waals surface area contributed by atoms with Crippen molar-refractivity contribution in [3.63, 3.8) is 0 Å². The molecule has 2 heterocycles. The Morgan fingerprint density at radius 3 is 2.30 bits per heavy atom. The molecule has 0 aliphatic carbocycles. The fourth-order valence-corrected chi connectivity index (χ4v) is 3.75. The Labute approximate surface area is 128 Å². The van der Waals surface area contributed by atoms with Crippen molar-refractivity contribution in [2.24, 2.45) is 0 Å². The third-order valence-electron chi connectivity index (χ3n) is 3.33. The Morgan fingerprint density at radius 1 is 1.25 bits per heavy atom. The average molecular weight is 310 g/mol. The number of carbonyl (C=O) groups excluding carboxylic acids is 1. The van der Waals surface area contributed by atoms with Crippen LogP contribution in [0.2, 0.25) is 0 Å². The molecule has 0 spiro atoms.